The summed E-state index contributed by atoms with van der Waals surface area (Å²) < 4.78 is 6.84. The van der Waals surface area contributed by atoms with Crippen LogP contribution < -0.4 is 10.6 Å². The molecule has 0 saturated carbocycles. The molecule has 0 fully saturated rings. The lowest BCUT2D eigenvalue weighted by Gasteiger charge is -2.21. The van der Waals surface area contributed by atoms with Crippen molar-refractivity contribution >= 4 is 40.8 Å². The van der Waals surface area contributed by atoms with E-state index >= 15 is 0 Å². The van der Waals surface area contributed by atoms with Crippen LogP contribution in [0.1, 0.15) is 97.2 Å². The van der Waals surface area contributed by atoms with Gasteiger partial charge < -0.3 is 15.4 Å². The molecule has 0 unspecified atom stereocenters. The second kappa shape index (κ2) is 11.6. The molecule has 11 heteroatoms. The smallest absolute Gasteiger partial charge is 0.338 e. The number of nitrogens with one attached hydrogen (secondary N) is 2. The molecule has 0 radical (unpaired) electrons. The quantitative estimate of drug-likeness (QED) is 0.229. The Labute approximate surface area is 253 Å². The number of Topliss-reactive ketones (excluding diaryl/α,β-unsaturated/α-hetero) is 1. The number of ketones is 1. The van der Waals surface area contributed by atoms with Gasteiger partial charge >= 0.3 is 5.97 Å². The van der Waals surface area contributed by atoms with E-state index in [2.05, 4.69) is 20.7 Å². The third-order valence-electron chi connectivity index (χ3n) is 7.39. The number of amides is 2. The van der Waals surface area contributed by atoms with Crippen LogP contribution in [0.3, 0.4) is 0 Å². The first kappa shape index (κ1) is 29.9. The standard InChI is InChI=1S/C32H32ClN5O5/c1-17-19-12-13-24(21(19)11-10-20(17)31(42)43-32(2,3)4)37-30(41)26-15-25(29(40)34-5)36-28-22(16-35-38(26)28)27(39)14-18-8-6-7-9-23(18)33/h6-11,15-16,24H,12-14H2,1-5H3,(H,34,40)(H,37,41)/t24-/m0/s1. The summed E-state index contributed by atoms with van der Waals surface area (Å²) in [6.07, 6.45) is 2.63. The third-order valence-corrected chi connectivity index (χ3v) is 7.76. The number of aromatic nitrogens is 3. The Hall–Kier alpha value is -4.57. The van der Waals surface area contributed by atoms with Crippen molar-refractivity contribution < 1.29 is 23.9 Å². The Morgan fingerprint density at radius 2 is 1.81 bits per heavy atom. The molecule has 2 heterocycles. The molecule has 0 spiro atoms. The van der Waals surface area contributed by atoms with Crippen LogP contribution in [-0.2, 0) is 17.6 Å². The van der Waals surface area contributed by atoms with Gasteiger partial charge in [0, 0.05) is 24.6 Å². The van der Waals surface area contributed by atoms with E-state index in [0.717, 1.165) is 16.7 Å². The van der Waals surface area contributed by atoms with Crippen molar-refractivity contribution in [3.8, 4) is 0 Å². The van der Waals surface area contributed by atoms with Gasteiger partial charge in [0.05, 0.1) is 23.4 Å². The Bertz CT molecular complexity index is 1790. The van der Waals surface area contributed by atoms with Crippen LogP contribution in [0, 0.1) is 6.92 Å². The molecule has 10 nitrogen and oxygen atoms in total. The van der Waals surface area contributed by atoms with Gasteiger partial charge in [0.1, 0.15) is 17.0 Å². The van der Waals surface area contributed by atoms with Gasteiger partial charge in [0.2, 0.25) is 0 Å². The number of carbonyl (C=O) groups excluding carboxylic acids is 4. The summed E-state index contributed by atoms with van der Waals surface area (Å²) in [7, 11) is 1.46. The molecule has 2 aromatic carbocycles. The van der Waals surface area contributed by atoms with Gasteiger partial charge in [-0.15, -0.1) is 0 Å². The number of esters is 1. The molecule has 1 aliphatic rings. The second-order valence-corrected chi connectivity index (χ2v) is 11.9. The summed E-state index contributed by atoms with van der Waals surface area (Å²) >= 11 is 6.26. The topological polar surface area (TPSA) is 132 Å². The van der Waals surface area contributed by atoms with E-state index < -0.39 is 17.4 Å². The predicted molar refractivity (Wildman–Crippen MR) is 161 cm³/mol. The summed E-state index contributed by atoms with van der Waals surface area (Å²) in [6, 6.07) is 11.6. The number of hydrogen-bond donors (Lipinski definition) is 2. The molecule has 0 saturated heterocycles. The number of hydrogen-bond acceptors (Lipinski definition) is 7. The molecule has 4 aromatic rings. The molecule has 0 bridgehead atoms. The number of fused-ring (bicyclic) bond motifs is 2. The summed E-state index contributed by atoms with van der Waals surface area (Å²) in [5, 5.41) is 10.3. The number of nitrogens with zero attached hydrogens (tertiary/aromatic N) is 3. The van der Waals surface area contributed by atoms with Crippen molar-refractivity contribution in [3.05, 3.63) is 98.5 Å². The molecule has 2 amide bonds. The van der Waals surface area contributed by atoms with Gasteiger partial charge in [-0.1, -0.05) is 35.9 Å². The number of rotatable bonds is 7. The number of benzene rings is 2. The Kier molecular flexibility index (Phi) is 8.07. The summed E-state index contributed by atoms with van der Waals surface area (Å²) in [5.74, 6) is -1.70. The monoisotopic (exact) mass is 601 g/mol. The number of ether oxygens (including phenoxy) is 1. The average molecular weight is 602 g/mol. The molecule has 2 aromatic heterocycles. The lowest BCUT2D eigenvalue weighted by atomic mass is 9.97. The lowest BCUT2D eigenvalue weighted by Crippen LogP contribution is -2.30. The van der Waals surface area contributed by atoms with E-state index in [4.69, 9.17) is 16.3 Å². The zero-order valence-electron chi connectivity index (χ0n) is 24.6. The normalized spacial score (nSPS) is 14.3. The van der Waals surface area contributed by atoms with Gasteiger partial charge in [-0.05, 0) is 74.9 Å². The molecule has 1 aliphatic carbocycles. The number of carbonyl (C=O) groups is 4. The van der Waals surface area contributed by atoms with Crippen molar-refractivity contribution in [3.63, 3.8) is 0 Å². The van der Waals surface area contributed by atoms with E-state index in [0.29, 0.717) is 29.0 Å². The Morgan fingerprint density at radius 1 is 1.07 bits per heavy atom. The minimum Gasteiger partial charge on any atom is -0.456 e. The summed E-state index contributed by atoms with van der Waals surface area (Å²) in [6.45, 7) is 7.35. The maximum absolute atomic E-state index is 13.7. The van der Waals surface area contributed by atoms with Gasteiger partial charge in [-0.25, -0.2) is 14.3 Å². The van der Waals surface area contributed by atoms with Crippen LogP contribution in [0.5, 0.6) is 0 Å². The van der Waals surface area contributed by atoms with Crippen LogP contribution in [0.25, 0.3) is 5.65 Å². The van der Waals surface area contributed by atoms with E-state index in [-0.39, 0.29) is 46.8 Å². The second-order valence-electron chi connectivity index (χ2n) is 11.5. The van der Waals surface area contributed by atoms with Crippen LogP contribution in [0.15, 0.2) is 48.7 Å². The van der Waals surface area contributed by atoms with Crippen LogP contribution in [0.4, 0.5) is 0 Å². The Balaban J connectivity index is 1.46. The zero-order valence-corrected chi connectivity index (χ0v) is 25.3. The first-order valence-corrected chi connectivity index (χ1v) is 14.3. The molecular formula is C32H32ClN5O5. The van der Waals surface area contributed by atoms with Crippen LogP contribution in [0.2, 0.25) is 5.02 Å². The van der Waals surface area contributed by atoms with Crippen molar-refractivity contribution in [2.45, 2.75) is 58.6 Å². The minimum absolute atomic E-state index is 0.00205. The van der Waals surface area contributed by atoms with Gasteiger partial charge in [-0.3, -0.25) is 14.4 Å². The van der Waals surface area contributed by atoms with Crippen molar-refractivity contribution in [2.75, 3.05) is 7.05 Å². The van der Waals surface area contributed by atoms with E-state index in [1.165, 1.54) is 23.8 Å². The highest BCUT2D eigenvalue weighted by atomic mass is 35.5. The maximum atomic E-state index is 13.7. The highest BCUT2D eigenvalue weighted by Crippen LogP contribution is 2.35. The number of halogens is 1. The highest BCUT2D eigenvalue weighted by molar-refractivity contribution is 6.31. The van der Waals surface area contributed by atoms with E-state index in [9.17, 15) is 19.2 Å². The fraction of sp³-hybridized carbons (Fsp3) is 0.312. The predicted octanol–water partition coefficient (Wildman–Crippen LogP) is 4.85. The molecule has 2 N–H and O–H groups in total. The summed E-state index contributed by atoms with van der Waals surface area (Å²) in [5.41, 5.74) is 3.52. The third kappa shape index (κ3) is 6.01. The zero-order chi connectivity index (χ0) is 31.1. The van der Waals surface area contributed by atoms with E-state index in [1.807, 2.05) is 33.8 Å². The molecular weight excluding hydrogens is 570 g/mol. The first-order valence-electron chi connectivity index (χ1n) is 13.9. The fourth-order valence-corrected chi connectivity index (χ4v) is 5.49. The van der Waals surface area contributed by atoms with Crippen molar-refractivity contribution in [2.24, 2.45) is 0 Å². The van der Waals surface area contributed by atoms with Crippen LogP contribution >= 0.6 is 11.6 Å². The van der Waals surface area contributed by atoms with Crippen LogP contribution in [-0.4, -0.2) is 50.8 Å². The van der Waals surface area contributed by atoms with Gasteiger partial charge in [0.15, 0.2) is 11.4 Å². The van der Waals surface area contributed by atoms with Gasteiger partial charge in [-0.2, -0.15) is 5.10 Å². The minimum atomic E-state index is -0.617. The lowest BCUT2D eigenvalue weighted by molar-refractivity contribution is 0.00682. The van der Waals surface area contributed by atoms with Gasteiger partial charge in [0.25, 0.3) is 11.8 Å². The largest absolute Gasteiger partial charge is 0.456 e. The SMILES string of the molecule is CNC(=O)c1cc(C(=O)N[C@H]2CCc3c2ccc(C(=O)OC(C)(C)C)c3C)n2ncc(C(=O)Cc3ccccc3Cl)c2n1. The fourth-order valence-electron chi connectivity index (χ4n) is 5.29. The molecule has 0 aliphatic heterocycles. The molecule has 1 atom stereocenters. The molecule has 222 valence electrons. The average Bonchev–Trinajstić information content (AvgIpc) is 3.57. The molecule has 5 rings (SSSR count). The van der Waals surface area contributed by atoms with Crippen molar-refractivity contribution in [1.29, 1.82) is 0 Å². The maximum Gasteiger partial charge on any atom is 0.338 e. The first-order chi connectivity index (χ1) is 20.4. The highest BCUT2D eigenvalue weighted by Gasteiger charge is 2.30. The summed E-state index contributed by atoms with van der Waals surface area (Å²) in [4.78, 5) is 56.7. The van der Waals surface area contributed by atoms with Crippen molar-refractivity contribution in [1.82, 2.24) is 25.2 Å². The van der Waals surface area contributed by atoms with E-state index in [1.54, 1.807) is 30.3 Å². The Morgan fingerprint density at radius 3 is 2.51 bits per heavy atom. The molecule has 43 heavy (non-hydrogen) atoms.